The normalized spacial score (nSPS) is 12.2. The molecule has 0 atom stereocenters. The van der Waals surface area contributed by atoms with Crippen LogP contribution in [0.1, 0.15) is 5.56 Å². The van der Waals surface area contributed by atoms with Crippen LogP contribution in [0.4, 0.5) is 0 Å². The quantitative estimate of drug-likeness (QED) is 0.365. The first kappa shape index (κ1) is 20.0. The van der Waals surface area contributed by atoms with Crippen molar-refractivity contribution < 1.29 is 8.42 Å². The van der Waals surface area contributed by atoms with Gasteiger partial charge in [-0.15, -0.1) is 11.3 Å². The molecule has 2 rings (SSSR count). The molecule has 0 saturated heterocycles. The van der Waals surface area contributed by atoms with E-state index >= 15 is 0 Å². The van der Waals surface area contributed by atoms with Crippen LogP contribution in [0, 0.1) is 0 Å². The fourth-order valence-corrected chi connectivity index (χ4v) is 4.46. The standard InChI is InChI=1S/C15H18Cl2N4O2S2/c1-18-15(20-10-11-4-5-12(16)9-13(11)17)19-6-7-21-25(22,23)14-3-2-8-24-14/h2-5,8-9,21H,6-7,10H2,1H3,(H2,18,19,20). The molecule has 136 valence electrons. The van der Waals surface area contributed by atoms with Gasteiger partial charge in [-0.05, 0) is 29.1 Å². The highest BCUT2D eigenvalue weighted by Gasteiger charge is 2.13. The summed E-state index contributed by atoms with van der Waals surface area (Å²) in [6.07, 6.45) is 0. The number of halogens is 2. The number of guanidine groups is 1. The van der Waals surface area contributed by atoms with Gasteiger partial charge in [0.25, 0.3) is 0 Å². The first-order valence-electron chi connectivity index (χ1n) is 7.34. The number of thiophene rings is 1. The highest BCUT2D eigenvalue weighted by molar-refractivity contribution is 7.91. The van der Waals surface area contributed by atoms with Gasteiger partial charge < -0.3 is 10.6 Å². The molecule has 1 heterocycles. The molecule has 0 aliphatic rings. The van der Waals surface area contributed by atoms with E-state index in [1.807, 2.05) is 6.07 Å². The van der Waals surface area contributed by atoms with Crippen LogP contribution in [0.3, 0.4) is 0 Å². The third-order valence-electron chi connectivity index (χ3n) is 3.15. The number of rotatable bonds is 7. The van der Waals surface area contributed by atoms with Gasteiger partial charge in [-0.3, -0.25) is 4.99 Å². The van der Waals surface area contributed by atoms with Crippen LogP contribution >= 0.6 is 34.5 Å². The zero-order valence-corrected chi connectivity index (χ0v) is 16.6. The number of nitrogens with zero attached hydrogens (tertiary/aromatic N) is 1. The monoisotopic (exact) mass is 420 g/mol. The molecule has 0 spiro atoms. The second-order valence-corrected chi connectivity index (χ2v) is 8.70. The summed E-state index contributed by atoms with van der Waals surface area (Å²) >= 11 is 13.2. The van der Waals surface area contributed by atoms with Gasteiger partial charge in [0.1, 0.15) is 4.21 Å². The van der Waals surface area contributed by atoms with Crippen LogP contribution in [-0.4, -0.2) is 34.5 Å². The minimum atomic E-state index is -3.45. The summed E-state index contributed by atoms with van der Waals surface area (Å²) in [5.74, 6) is 0.543. The zero-order valence-electron chi connectivity index (χ0n) is 13.4. The highest BCUT2D eigenvalue weighted by Crippen LogP contribution is 2.20. The third kappa shape index (κ3) is 6.16. The van der Waals surface area contributed by atoms with Crippen LogP contribution < -0.4 is 15.4 Å². The Hall–Kier alpha value is -1.32. The van der Waals surface area contributed by atoms with E-state index in [2.05, 4.69) is 20.3 Å². The van der Waals surface area contributed by atoms with Gasteiger partial charge in [-0.2, -0.15) is 0 Å². The lowest BCUT2D eigenvalue weighted by atomic mass is 10.2. The maximum atomic E-state index is 12.0. The second-order valence-electron chi connectivity index (χ2n) is 4.92. The Balaban J connectivity index is 1.77. The number of hydrogen-bond acceptors (Lipinski definition) is 4. The van der Waals surface area contributed by atoms with Crippen molar-refractivity contribution in [1.29, 1.82) is 0 Å². The Morgan fingerprint density at radius 2 is 2.00 bits per heavy atom. The molecule has 25 heavy (non-hydrogen) atoms. The predicted octanol–water partition coefficient (Wildman–Crippen LogP) is 2.70. The first-order valence-corrected chi connectivity index (χ1v) is 10.5. The molecule has 0 aliphatic carbocycles. The topological polar surface area (TPSA) is 82.6 Å². The van der Waals surface area contributed by atoms with Crippen molar-refractivity contribution in [2.45, 2.75) is 10.8 Å². The number of nitrogens with one attached hydrogen (secondary N) is 3. The van der Waals surface area contributed by atoms with Crippen LogP contribution in [0.2, 0.25) is 10.0 Å². The molecule has 0 aliphatic heterocycles. The first-order chi connectivity index (χ1) is 11.9. The number of sulfonamides is 1. The van der Waals surface area contributed by atoms with Crippen LogP contribution in [0.15, 0.2) is 44.9 Å². The minimum Gasteiger partial charge on any atom is -0.355 e. The van der Waals surface area contributed by atoms with E-state index in [0.717, 1.165) is 5.56 Å². The molecule has 3 N–H and O–H groups in total. The average Bonchev–Trinajstić information content (AvgIpc) is 3.11. The SMILES string of the molecule is CN=C(NCCNS(=O)(=O)c1cccs1)NCc1ccc(Cl)cc1Cl. The maximum Gasteiger partial charge on any atom is 0.250 e. The Morgan fingerprint density at radius 1 is 1.20 bits per heavy atom. The lowest BCUT2D eigenvalue weighted by molar-refractivity contribution is 0.582. The van der Waals surface area contributed by atoms with Crippen molar-refractivity contribution in [3.8, 4) is 0 Å². The summed E-state index contributed by atoms with van der Waals surface area (Å²) in [4.78, 5) is 4.08. The van der Waals surface area contributed by atoms with Crippen molar-refractivity contribution in [2.24, 2.45) is 4.99 Å². The average molecular weight is 421 g/mol. The lowest BCUT2D eigenvalue weighted by Crippen LogP contribution is -2.41. The van der Waals surface area contributed by atoms with Gasteiger partial charge in [0.15, 0.2) is 5.96 Å². The van der Waals surface area contributed by atoms with Crippen LogP contribution in [-0.2, 0) is 16.6 Å². The molecule has 0 unspecified atom stereocenters. The van der Waals surface area contributed by atoms with Crippen molar-refractivity contribution in [3.05, 3.63) is 51.3 Å². The molecule has 0 bridgehead atoms. The summed E-state index contributed by atoms with van der Waals surface area (Å²) in [7, 11) is -1.81. The molecule has 1 aromatic heterocycles. The zero-order chi connectivity index (χ0) is 18.3. The summed E-state index contributed by atoms with van der Waals surface area (Å²) in [5, 5.41) is 9.01. The van der Waals surface area contributed by atoms with Gasteiger partial charge in [-0.25, -0.2) is 13.1 Å². The maximum absolute atomic E-state index is 12.0. The van der Waals surface area contributed by atoms with Crippen molar-refractivity contribution in [3.63, 3.8) is 0 Å². The summed E-state index contributed by atoms with van der Waals surface area (Å²) in [6, 6.07) is 8.54. The summed E-state index contributed by atoms with van der Waals surface area (Å²) in [5.41, 5.74) is 0.882. The Labute approximate surface area is 161 Å². The molecule has 0 saturated carbocycles. The summed E-state index contributed by atoms with van der Waals surface area (Å²) < 4.78 is 26.8. The van der Waals surface area contributed by atoms with E-state index < -0.39 is 10.0 Å². The fraction of sp³-hybridized carbons (Fsp3) is 0.267. The molecular formula is C15H18Cl2N4O2S2. The van der Waals surface area contributed by atoms with Gasteiger partial charge in [0.05, 0.1) is 0 Å². The largest absolute Gasteiger partial charge is 0.355 e. The molecule has 0 amide bonds. The van der Waals surface area contributed by atoms with Gasteiger partial charge >= 0.3 is 0 Å². The summed E-state index contributed by atoms with van der Waals surface area (Å²) in [6.45, 7) is 1.10. The molecular weight excluding hydrogens is 403 g/mol. The molecule has 0 fully saturated rings. The Bertz CT molecular complexity index is 824. The van der Waals surface area contributed by atoms with Gasteiger partial charge in [0, 0.05) is 36.7 Å². The predicted molar refractivity (Wildman–Crippen MR) is 104 cm³/mol. The van der Waals surface area contributed by atoms with Gasteiger partial charge in [0.2, 0.25) is 10.0 Å². The lowest BCUT2D eigenvalue weighted by Gasteiger charge is -2.13. The molecule has 10 heteroatoms. The Morgan fingerprint density at radius 3 is 2.64 bits per heavy atom. The van der Waals surface area contributed by atoms with E-state index in [0.29, 0.717) is 33.3 Å². The minimum absolute atomic E-state index is 0.239. The van der Waals surface area contributed by atoms with Crippen LogP contribution in [0.5, 0.6) is 0 Å². The Kier molecular flexibility index (Phi) is 7.52. The van der Waals surface area contributed by atoms with Crippen LogP contribution in [0.25, 0.3) is 0 Å². The third-order valence-corrected chi connectivity index (χ3v) is 6.60. The smallest absolute Gasteiger partial charge is 0.250 e. The van der Waals surface area contributed by atoms with Crippen molar-refractivity contribution in [2.75, 3.05) is 20.1 Å². The second kappa shape index (κ2) is 9.40. The number of hydrogen-bond donors (Lipinski definition) is 3. The molecule has 2 aromatic rings. The molecule has 0 radical (unpaired) electrons. The number of benzene rings is 1. The fourth-order valence-electron chi connectivity index (χ4n) is 1.92. The molecule has 6 nitrogen and oxygen atoms in total. The van der Waals surface area contributed by atoms with E-state index in [1.54, 1.807) is 36.7 Å². The van der Waals surface area contributed by atoms with E-state index in [1.165, 1.54) is 11.3 Å². The van der Waals surface area contributed by atoms with Gasteiger partial charge in [-0.1, -0.05) is 35.3 Å². The van der Waals surface area contributed by atoms with Crippen molar-refractivity contribution >= 4 is 50.5 Å². The van der Waals surface area contributed by atoms with E-state index in [-0.39, 0.29) is 6.54 Å². The van der Waals surface area contributed by atoms with E-state index in [9.17, 15) is 8.42 Å². The molecule has 1 aromatic carbocycles. The number of aliphatic imine (C=N–C) groups is 1. The van der Waals surface area contributed by atoms with Crippen molar-refractivity contribution in [1.82, 2.24) is 15.4 Å². The highest BCUT2D eigenvalue weighted by atomic mass is 35.5. The van der Waals surface area contributed by atoms with E-state index in [4.69, 9.17) is 23.2 Å².